The average Bonchev–Trinajstić information content (AvgIpc) is 3.30. The minimum Gasteiger partial charge on any atom is -0.354 e. The van der Waals surface area contributed by atoms with Crippen molar-refractivity contribution in [3.63, 3.8) is 0 Å². The highest BCUT2D eigenvalue weighted by Gasteiger charge is 2.30. The van der Waals surface area contributed by atoms with Crippen LogP contribution in [0.15, 0.2) is 78.9 Å². The monoisotopic (exact) mass is 424 g/mol. The van der Waals surface area contributed by atoms with Crippen molar-refractivity contribution in [2.45, 2.75) is 12.5 Å². The molecule has 1 atom stereocenters. The zero-order valence-electron chi connectivity index (χ0n) is 17.0. The minimum absolute atomic E-state index is 0.155. The topological polar surface area (TPSA) is 99.3 Å². The van der Waals surface area contributed by atoms with Gasteiger partial charge in [0.15, 0.2) is 0 Å². The highest BCUT2D eigenvalue weighted by molar-refractivity contribution is 6.37. The van der Waals surface area contributed by atoms with Crippen LogP contribution in [0.4, 0.5) is 16.2 Å². The van der Waals surface area contributed by atoms with Gasteiger partial charge in [-0.3, -0.25) is 14.9 Å². The van der Waals surface area contributed by atoms with E-state index in [0.717, 1.165) is 28.1 Å². The SMILES string of the molecule is O=C1NC(=O)C(Cc2ccc(NC(=C3C(=O)Nc4ccccc43)c3ccccc3)cc2)N1. The van der Waals surface area contributed by atoms with Crippen LogP contribution >= 0.6 is 0 Å². The largest absolute Gasteiger partial charge is 0.354 e. The number of nitrogens with one attached hydrogen (secondary N) is 4. The lowest BCUT2D eigenvalue weighted by Crippen LogP contribution is -2.31. The van der Waals surface area contributed by atoms with Crippen molar-refractivity contribution in [3.8, 4) is 0 Å². The number of urea groups is 1. The molecule has 5 rings (SSSR count). The van der Waals surface area contributed by atoms with Gasteiger partial charge in [0.05, 0.1) is 11.3 Å². The molecule has 0 spiro atoms. The molecule has 0 aliphatic carbocycles. The number of hydrogen-bond donors (Lipinski definition) is 4. The van der Waals surface area contributed by atoms with Crippen molar-refractivity contribution >= 4 is 40.5 Å². The number of carbonyl (C=O) groups is 3. The van der Waals surface area contributed by atoms with E-state index >= 15 is 0 Å². The van der Waals surface area contributed by atoms with E-state index in [-0.39, 0.29) is 11.8 Å². The van der Waals surface area contributed by atoms with Crippen molar-refractivity contribution in [1.29, 1.82) is 0 Å². The van der Waals surface area contributed by atoms with Crippen molar-refractivity contribution in [3.05, 3.63) is 95.6 Å². The molecule has 0 saturated carbocycles. The van der Waals surface area contributed by atoms with Gasteiger partial charge in [-0.15, -0.1) is 0 Å². The summed E-state index contributed by atoms with van der Waals surface area (Å²) in [6.07, 6.45) is 0.403. The molecule has 1 fully saturated rings. The smallest absolute Gasteiger partial charge is 0.322 e. The molecule has 2 aliphatic heterocycles. The molecule has 0 aromatic heterocycles. The lowest BCUT2D eigenvalue weighted by Gasteiger charge is -2.15. The van der Waals surface area contributed by atoms with Crippen molar-refractivity contribution < 1.29 is 14.4 Å². The maximum absolute atomic E-state index is 12.9. The van der Waals surface area contributed by atoms with Gasteiger partial charge in [0.25, 0.3) is 11.8 Å². The Morgan fingerprint density at radius 3 is 2.25 bits per heavy atom. The molecule has 0 radical (unpaired) electrons. The zero-order valence-corrected chi connectivity index (χ0v) is 17.0. The Morgan fingerprint density at radius 2 is 1.53 bits per heavy atom. The first-order valence-corrected chi connectivity index (χ1v) is 10.3. The van der Waals surface area contributed by atoms with Gasteiger partial charge < -0.3 is 16.0 Å². The number of rotatable bonds is 5. The number of benzene rings is 3. The second-order valence-electron chi connectivity index (χ2n) is 7.66. The standard InChI is InChI=1S/C25H20N4O3/c30-23-20(28-25(32)29-23)14-15-10-12-17(13-11-15)26-22(16-6-2-1-3-7-16)21-18-8-4-5-9-19(18)27-24(21)31/h1-13,20,26H,14H2,(H,27,31)(H2,28,29,30,32). The Balaban J connectivity index is 1.46. The van der Waals surface area contributed by atoms with E-state index in [0.29, 0.717) is 17.7 Å². The quantitative estimate of drug-likeness (QED) is 0.373. The van der Waals surface area contributed by atoms with E-state index in [2.05, 4.69) is 21.3 Å². The minimum atomic E-state index is -0.568. The molecule has 4 amide bonds. The van der Waals surface area contributed by atoms with Crippen LogP contribution in [0.1, 0.15) is 16.7 Å². The molecular weight excluding hydrogens is 404 g/mol. The molecular formula is C25H20N4O3. The molecule has 2 aliphatic rings. The fraction of sp³-hybridized carbons (Fsp3) is 0.0800. The van der Waals surface area contributed by atoms with Gasteiger partial charge in [-0.2, -0.15) is 0 Å². The molecule has 32 heavy (non-hydrogen) atoms. The summed E-state index contributed by atoms with van der Waals surface area (Å²) in [6, 6.07) is 23.9. The third-order valence-electron chi connectivity index (χ3n) is 5.51. The highest BCUT2D eigenvalue weighted by atomic mass is 16.2. The van der Waals surface area contributed by atoms with Crippen LogP contribution in [0.25, 0.3) is 11.3 Å². The molecule has 3 aromatic rings. The maximum Gasteiger partial charge on any atom is 0.322 e. The summed E-state index contributed by atoms with van der Waals surface area (Å²) in [5.74, 6) is -0.476. The molecule has 0 bridgehead atoms. The Labute approximate surface area is 184 Å². The van der Waals surface area contributed by atoms with Crippen LogP contribution in [0.2, 0.25) is 0 Å². The van der Waals surface area contributed by atoms with Crippen LogP contribution < -0.4 is 21.3 Å². The maximum atomic E-state index is 12.9. The summed E-state index contributed by atoms with van der Waals surface area (Å²) in [6.45, 7) is 0. The molecule has 7 nitrogen and oxygen atoms in total. The molecule has 158 valence electrons. The lowest BCUT2D eigenvalue weighted by molar-refractivity contribution is -0.120. The van der Waals surface area contributed by atoms with E-state index in [4.69, 9.17) is 0 Å². The van der Waals surface area contributed by atoms with Crippen LogP contribution in [-0.2, 0) is 16.0 Å². The van der Waals surface area contributed by atoms with Crippen LogP contribution in [0, 0.1) is 0 Å². The summed E-state index contributed by atoms with van der Waals surface area (Å²) in [5, 5.41) is 11.2. The van der Waals surface area contributed by atoms with Crippen molar-refractivity contribution in [2.24, 2.45) is 0 Å². The molecule has 7 heteroatoms. The first-order valence-electron chi connectivity index (χ1n) is 10.3. The van der Waals surface area contributed by atoms with Crippen molar-refractivity contribution in [2.75, 3.05) is 10.6 Å². The van der Waals surface area contributed by atoms with Crippen LogP contribution in [0.5, 0.6) is 0 Å². The number of imide groups is 1. The summed E-state index contributed by atoms with van der Waals surface area (Å²) in [5.41, 5.74) is 5.54. The van der Waals surface area contributed by atoms with Crippen LogP contribution in [-0.4, -0.2) is 23.9 Å². The molecule has 1 unspecified atom stereocenters. The second kappa shape index (κ2) is 8.03. The number of hydrogen-bond acceptors (Lipinski definition) is 4. The first kappa shape index (κ1) is 19.6. The fourth-order valence-corrected chi connectivity index (χ4v) is 3.96. The Kier molecular flexibility index (Phi) is 4.91. The normalized spacial score (nSPS) is 18.5. The number of carbonyl (C=O) groups excluding carboxylic acids is 3. The fourth-order valence-electron chi connectivity index (χ4n) is 3.96. The molecule has 3 aromatic carbocycles. The average molecular weight is 424 g/mol. The highest BCUT2D eigenvalue weighted by Crippen LogP contribution is 2.37. The predicted octanol–water partition coefficient (Wildman–Crippen LogP) is 3.37. The molecule has 2 heterocycles. The van der Waals surface area contributed by atoms with Gasteiger partial charge in [-0.1, -0.05) is 60.7 Å². The summed E-state index contributed by atoms with van der Waals surface area (Å²) in [4.78, 5) is 36.0. The predicted molar refractivity (Wildman–Crippen MR) is 123 cm³/mol. The zero-order chi connectivity index (χ0) is 22.1. The summed E-state index contributed by atoms with van der Waals surface area (Å²) >= 11 is 0. The van der Waals surface area contributed by atoms with E-state index in [1.165, 1.54) is 0 Å². The third-order valence-corrected chi connectivity index (χ3v) is 5.51. The lowest BCUT2D eigenvalue weighted by atomic mass is 10.00. The van der Waals surface area contributed by atoms with Gasteiger partial charge in [-0.05, 0) is 29.3 Å². The van der Waals surface area contributed by atoms with E-state index in [1.54, 1.807) is 0 Å². The number of para-hydroxylation sites is 1. The summed E-state index contributed by atoms with van der Waals surface area (Å²) < 4.78 is 0. The third kappa shape index (κ3) is 3.72. The Bertz CT molecular complexity index is 1250. The van der Waals surface area contributed by atoms with Gasteiger partial charge >= 0.3 is 6.03 Å². The number of fused-ring (bicyclic) bond motifs is 1. The van der Waals surface area contributed by atoms with Gasteiger partial charge in [-0.25, -0.2) is 4.79 Å². The van der Waals surface area contributed by atoms with Crippen LogP contribution in [0.3, 0.4) is 0 Å². The number of anilines is 2. The Morgan fingerprint density at radius 1 is 0.812 bits per heavy atom. The van der Waals surface area contributed by atoms with E-state index in [1.807, 2.05) is 78.9 Å². The Hall–Kier alpha value is -4.39. The molecule has 1 saturated heterocycles. The molecule has 4 N–H and O–H groups in total. The summed E-state index contributed by atoms with van der Waals surface area (Å²) in [7, 11) is 0. The van der Waals surface area contributed by atoms with Gasteiger partial charge in [0, 0.05) is 23.4 Å². The number of amides is 4. The van der Waals surface area contributed by atoms with Gasteiger partial charge in [0.2, 0.25) is 0 Å². The van der Waals surface area contributed by atoms with E-state index in [9.17, 15) is 14.4 Å². The second-order valence-corrected chi connectivity index (χ2v) is 7.66. The van der Waals surface area contributed by atoms with Gasteiger partial charge in [0.1, 0.15) is 6.04 Å². The van der Waals surface area contributed by atoms with Crippen molar-refractivity contribution in [1.82, 2.24) is 10.6 Å². The first-order chi connectivity index (χ1) is 15.6. The van der Waals surface area contributed by atoms with E-state index < -0.39 is 12.1 Å².